The number of hydrogen-bond acceptors (Lipinski definition) is 5. The molecule has 2 fully saturated rings. The number of piperazine rings is 1. The predicted octanol–water partition coefficient (Wildman–Crippen LogP) is 3.72. The number of piperidine rings is 1. The normalized spacial score (nSPS) is 26.1. The van der Waals surface area contributed by atoms with Gasteiger partial charge in [-0.1, -0.05) is 27.2 Å². The van der Waals surface area contributed by atoms with Crippen LogP contribution in [0.3, 0.4) is 0 Å². The number of amides is 1. The van der Waals surface area contributed by atoms with Crippen molar-refractivity contribution in [1.82, 2.24) is 15.1 Å². The van der Waals surface area contributed by atoms with Crippen molar-refractivity contribution in [3.05, 3.63) is 34.0 Å². The first-order chi connectivity index (χ1) is 15.4. The van der Waals surface area contributed by atoms with E-state index in [1.807, 2.05) is 17.5 Å². The topological polar surface area (TPSA) is 65.0 Å². The zero-order chi connectivity index (χ0) is 22.7. The Morgan fingerprint density at radius 2 is 2.00 bits per heavy atom. The van der Waals surface area contributed by atoms with Crippen molar-refractivity contribution in [3.8, 4) is 0 Å². The molecule has 3 aliphatic rings. The number of nitrogens with zero attached hydrogens (tertiary/aromatic N) is 3. The van der Waals surface area contributed by atoms with Gasteiger partial charge in [-0.05, 0) is 43.7 Å². The van der Waals surface area contributed by atoms with Gasteiger partial charge in [0, 0.05) is 48.6 Å². The molecule has 6 nitrogen and oxygen atoms in total. The summed E-state index contributed by atoms with van der Waals surface area (Å²) in [5, 5.41) is 9.57. The fraction of sp³-hybridized carbons (Fsp3) is 0.667. The minimum absolute atomic E-state index is 0.0404. The van der Waals surface area contributed by atoms with E-state index in [2.05, 4.69) is 46.6 Å². The van der Waals surface area contributed by atoms with E-state index in [0.717, 1.165) is 74.9 Å². The van der Waals surface area contributed by atoms with Crippen molar-refractivity contribution in [2.45, 2.75) is 64.5 Å². The lowest BCUT2D eigenvalue weighted by Gasteiger charge is -2.53. The molecule has 4 heterocycles. The van der Waals surface area contributed by atoms with E-state index in [9.17, 15) is 9.00 Å². The van der Waals surface area contributed by atoms with Crippen LogP contribution in [0.1, 0.15) is 52.9 Å². The highest BCUT2D eigenvalue weighted by molar-refractivity contribution is 8.13. The second-order valence-corrected chi connectivity index (χ2v) is 12.9. The van der Waals surface area contributed by atoms with Crippen LogP contribution in [0.5, 0.6) is 0 Å². The Morgan fingerprint density at radius 3 is 2.66 bits per heavy atom. The molecule has 0 aromatic carbocycles. The van der Waals surface area contributed by atoms with Gasteiger partial charge in [-0.15, -0.1) is 0 Å². The number of thiophene rings is 1. The molecule has 1 aromatic heterocycles. The summed E-state index contributed by atoms with van der Waals surface area (Å²) >= 11 is 0. The quantitative estimate of drug-likeness (QED) is 0.580. The van der Waals surface area contributed by atoms with Gasteiger partial charge in [0.25, 0.3) is 0 Å². The Kier molecular flexibility index (Phi) is 7.65. The van der Waals surface area contributed by atoms with Gasteiger partial charge in [-0.25, -0.2) is 4.21 Å². The van der Waals surface area contributed by atoms with Crippen LogP contribution in [0.4, 0.5) is 0 Å². The predicted molar refractivity (Wildman–Crippen MR) is 134 cm³/mol. The van der Waals surface area contributed by atoms with Gasteiger partial charge in [-0.2, -0.15) is 4.99 Å². The van der Waals surface area contributed by atoms with E-state index >= 15 is 0 Å². The lowest BCUT2D eigenvalue weighted by Crippen LogP contribution is -2.70. The molecule has 2 atom stereocenters. The summed E-state index contributed by atoms with van der Waals surface area (Å²) < 4.78 is 13.3. The Bertz CT molecular complexity index is 886. The van der Waals surface area contributed by atoms with Crippen LogP contribution in [-0.2, 0) is 15.6 Å². The minimum Gasteiger partial charge on any atom is -0.334 e. The van der Waals surface area contributed by atoms with Gasteiger partial charge in [0.1, 0.15) is 10.8 Å². The molecule has 176 valence electrons. The molecule has 1 spiro atoms. The highest BCUT2D eigenvalue weighted by atomic mass is 32.2. The van der Waals surface area contributed by atoms with Crippen LogP contribution in [-0.4, -0.2) is 68.6 Å². The summed E-state index contributed by atoms with van der Waals surface area (Å²) in [6.45, 7) is 10.9. The number of carbonyl (C=O) groups excluding carboxylic acids is 1. The largest absolute Gasteiger partial charge is 0.341 e. The number of unbranched alkanes of at least 4 members (excludes halogenated alkanes) is 1. The molecule has 0 saturated carbocycles. The first kappa shape index (κ1) is 23.8. The van der Waals surface area contributed by atoms with Crippen molar-refractivity contribution in [3.63, 3.8) is 0 Å². The van der Waals surface area contributed by atoms with Gasteiger partial charge < -0.3 is 10.2 Å². The zero-order valence-electron chi connectivity index (χ0n) is 19.6. The van der Waals surface area contributed by atoms with Crippen molar-refractivity contribution in [2.75, 3.05) is 32.7 Å². The SMILES string of the molecule is CCCCN1C(=O)C(CC(C)C)NCC12CCN(CC1=CS(=O)C([s+]3cccc3)=N1)CC2. The molecule has 4 rings (SSSR count). The average Bonchev–Trinajstić information content (AvgIpc) is 3.41. The van der Waals surface area contributed by atoms with Crippen LogP contribution in [0.15, 0.2) is 39.0 Å². The number of likely N-dealkylation sites (tertiary alicyclic amines) is 1. The molecule has 0 bridgehead atoms. The molecular weight excluding hydrogens is 440 g/mol. The highest BCUT2D eigenvalue weighted by Crippen LogP contribution is 2.34. The van der Waals surface area contributed by atoms with Gasteiger partial charge in [0.2, 0.25) is 5.91 Å². The van der Waals surface area contributed by atoms with E-state index in [-0.39, 0.29) is 22.1 Å². The number of aliphatic imine (C=N–C) groups is 1. The maximum absolute atomic E-state index is 13.4. The molecule has 2 unspecified atom stereocenters. The van der Waals surface area contributed by atoms with Gasteiger partial charge in [0.15, 0.2) is 10.8 Å². The molecule has 0 radical (unpaired) electrons. The summed E-state index contributed by atoms with van der Waals surface area (Å²) in [7, 11) is -1.33. The van der Waals surface area contributed by atoms with Gasteiger partial charge in [-0.3, -0.25) is 9.69 Å². The van der Waals surface area contributed by atoms with Crippen molar-refractivity contribution >= 4 is 31.6 Å². The molecule has 1 amide bonds. The maximum atomic E-state index is 13.4. The Labute approximate surface area is 197 Å². The number of rotatable bonds is 8. The lowest BCUT2D eigenvalue weighted by atomic mass is 9.81. The first-order valence-corrected chi connectivity index (χ1v) is 14.5. The van der Waals surface area contributed by atoms with Crippen LogP contribution in [0, 0.1) is 5.92 Å². The molecule has 3 aliphatic heterocycles. The standard InChI is InChI=1S/C24H37N4O2S2/c1-4-5-10-28-22(29)21(15-19(2)3)25-18-24(28)8-11-27(12-9-24)16-20-17-32(30)23(26-20)31-13-6-7-14-31/h6-7,13-14,17,19,21,25H,4-5,8-12,15-16,18H2,1-3H3/q+1. The Balaban J connectivity index is 1.39. The van der Waals surface area contributed by atoms with E-state index < -0.39 is 10.8 Å². The molecule has 1 N–H and O–H groups in total. The third-order valence-corrected chi connectivity index (χ3v) is 10.2. The second kappa shape index (κ2) is 10.3. The fourth-order valence-corrected chi connectivity index (χ4v) is 8.03. The minimum atomic E-state index is -1.11. The smallest absolute Gasteiger partial charge is 0.334 e. The van der Waals surface area contributed by atoms with Gasteiger partial charge in [0.05, 0.1) is 17.3 Å². The summed E-state index contributed by atoms with van der Waals surface area (Å²) in [6.07, 6.45) is 5.03. The van der Waals surface area contributed by atoms with Crippen LogP contribution >= 0.6 is 10.5 Å². The monoisotopic (exact) mass is 477 g/mol. The van der Waals surface area contributed by atoms with E-state index in [1.54, 1.807) is 0 Å². The van der Waals surface area contributed by atoms with E-state index in [1.165, 1.54) is 0 Å². The third-order valence-electron chi connectivity index (χ3n) is 6.84. The van der Waals surface area contributed by atoms with Crippen LogP contribution in [0.25, 0.3) is 0 Å². The second-order valence-electron chi connectivity index (χ2n) is 9.72. The molecule has 0 aliphatic carbocycles. The number of carbonyl (C=O) groups is 1. The number of hydrogen-bond donors (Lipinski definition) is 1. The highest BCUT2D eigenvalue weighted by Gasteiger charge is 2.47. The molecule has 1 aromatic rings. The van der Waals surface area contributed by atoms with Crippen LogP contribution < -0.4 is 5.32 Å². The summed E-state index contributed by atoms with van der Waals surface area (Å²) in [5.41, 5.74) is 0.853. The van der Waals surface area contributed by atoms with E-state index in [4.69, 9.17) is 4.99 Å². The first-order valence-electron chi connectivity index (χ1n) is 12.0. The maximum Gasteiger partial charge on any atom is 0.341 e. The average molecular weight is 478 g/mol. The molecule has 8 heteroatoms. The van der Waals surface area contributed by atoms with E-state index in [0.29, 0.717) is 11.8 Å². The molecule has 32 heavy (non-hydrogen) atoms. The van der Waals surface area contributed by atoms with Crippen molar-refractivity contribution < 1.29 is 9.00 Å². The summed E-state index contributed by atoms with van der Waals surface area (Å²) in [5.74, 6) is 0.806. The Morgan fingerprint density at radius 1 is 1.28 bits per heavy atom. The van der Waals surface area contributed by atoms with Gasteiger partial charge >= 0.3 is 4.38 Å². The number of nitrogens with one attached hydrogen (secondary N) is 1. The van der Waals surface area contributed by atoms with Crippen LogP contribution in [0.2, 0.25) is 0 Å². The molecular formula is C24H37N4O2S2+. The van der Waals surface area contributed by atoms with Crippen molar-refractivity contribution in [1.29, 1.82) is 0 Å². The van der Waals surface area contributed by atoms with Crippen molar-refractivity contribution in [2.24, 2.45) is 10.9 Å². The Hall–Kier alpha value is -1.35. The zero-order valence-corrected chi connectivity index (χ0v) is 21.2. The fourth-order valence-electron chi connectivity index (χ4n) is 5.04. The molecule has 2 saturated heterocycles. The summed E-state index contributed by atoms with van der Waals surface area (Å²) in [6, 6.07) is 3.96. The summed E-state index contributed by atoms with van der Waals surface area (Å²) in [4.78, 5) is 22.7. The lowest BCUT2D eigenvalue weighted by molar-refractivity contribution is -0.148. The third kappa shape index (κ3) is 5.08.